The van der Waals surface area contributed by atoms with Gasteiger partial charge in [0.05, 0.1) is 30.7 Å². The zero-order chi connectivity index (χ0) is 20.9. The normalized spacial score (nSPS) is 13.8. The number of benzene rings is 1. The van der Waals surface area contributed by atoms with Crippen molar-refractivity contribution in [3.05, 3.63) is 60.3 Å². The summed E-state index contributed by atoms with van der Waals surface area (Å²) in [6.07, 6.45) is 1.78. The van der Waals surface area contributed by atoms with Gasteiger partial charge in [0.15, 0.2) is 5.82 Å². The van der Waals surface area contributed by atoms with Crippen molar-refractivity contribution in [2.45, 2.75) is 6.54 Å². The molecule has 3 heterocycles. The summed E-state index contributed by atoms with van der Waals surface area (Å²) in [5.41, 5.74) is 8.89. The van der Waals surface area contributed by atoms with Crippen LogP contribution in [0.1, 0.15) is 11.1 Å². The Bertz CT molecular complexity index is 993. The SMILES string of the molecule is C=C(N)c1c(NCc2ccc(O)cc2)n[nH]c1Nc1ccc(N2CCOCC2)nc1. The number of morpholine rings is 1. The van der Waals surface area contributed by atoms with E-state index in [1.165, 1.54) is 0 Å². The molecule has 9 nitrogen and oxygen atoms in total. The van der Waals surface area contributed by atoms with Gasteiger partial charge in [-0.1, -0.05) is 18.7 Å². The molecule has 2 aromatic heterocycles. The van der Waals surface area contributed by atoms with E-state index >= 15 is 0 Å². The van der Waals surface area contributed by atoms with E-state index in [0.29, 0.717) is 29.4 Å². The number of rotatable bonds is 7. The van der Waals surface area contributed by atoms with Gasteiger partial charge in [-0.15, -0.1) is 0 Å². The number of nitrogens with one attached hydrogen (secondary N) is 3. The molecule has 4 rings (SSSR count). The summed E-state index contributed by atoms with van der Waals surface area (Å²) in [4.78, 5) is 6.74. The van der Waals surface area contributed by atoms with Crippen LogP contribution in [0.4, 0.5) is 23.1 Å². The lowest BCUT2D eigenvalue weighted by atomic mass is 10.2. The number of hydrogen-bond acceptors (Lipinski definition) is 8. The highest BCUT2D eigenvalue weighted by Gasteiger charge is 2.16. The predicted octanol–water partition coefficient (Wildman–Crippen LogP) is 2.63. The van der Waals surface area contributed by atoms with Gasteiger partial charge in [-0.2, -0.15) is 5.10 Å². The fraction of sp³-hybridized carbons (Fsp3) is 0.238. The molecule has 0 aliphatic carbocycles. The Hall–Kier alpha value is -3.72. The maximum absolute atomic E-state index is 9.41. The molecule has 0 amide bonds. The van der Waals surface area contributed by atoms with Crippen molar-refractivity contribution < 1.29 is 9.84 Å². The molecule has 0 atom stereocenters. The van der Waals surface area contributed by atoms with E-state index in [9.17, 15) is 5.11 Å². The Balaban J connectivity index is 1.46. The third kappa shape index (κ3) is 4.47. The van der Waals surface area contributed by atoms with Crippen LogP contribution >= 0.6 is 0 Å². The molecule has 0 spiro atoms. The molecular weight excluding hydrogens is 382 g/mol. The van der Waals surface area contributed by atoms with Gasteiger partial charge >= 0.3 is 0 Å². The highest BCUT2D eigenvalue weighted by Crippen LogP contribution is 2.29. The van der Waals surface area contributed by atoms with Gasteiger partial charge in [0.1, 0.15) is 17.4 Å². The van der Waals surface area contributed by atoms with Gasteiger partial charge < -0.3 is 31.1 Å². The molecule has 1 fully saturated rings. The number of H-pyrrole nitrogens is 1. The maximum atomic E-state index is 9.41. The molecule has 9 heteroatoms. The quantitative estimate of drug-likeness (QED) is 0.405. The zero-order valence-corrected chi connectivity index (χ0v) is 16.6. The smallest absolute Gasteiger partial charge is 0.159 e. The summed E-state index contributed by atoms with van der Waals surface area (Å²) in [5, 5.41) is 23.2. The second-order valence-corrected chi connectivity index (χ2v) is 7.00. The molecule has 0 unspecified atom stereocenters. The third-order valence-corrected chi connectivity index (χ3v) is 4.84. The summed E-state index contributed by atoms with van der Waals surface area (Å²) in [5.74, 6) is 2.38. The minimum atomic E-state index is 0.231. The molecule has 156 valence electrons. The lowest BCUT2D eigenvalue weighted by molar-refractivity contribution is 0.122. The van der Waals surface area contributed by atoms with E-state index in [1.54, 1.807) is 18.3 Å². The first kappa shape index (κ1) is 19.6. The largest absolute Gasteiger partial charge is 0.508 e. The average molecular weight is 407 g/mol. The number of ether oxygens (including phenoxy) is 1. The zero-order valence-electron chi connectivity index (χ0n) is 16.6. The van der Waals surface area contributed by atoms with Crippen LogP contribution in [0, 0.1) is 0 Å². The topological polar surface area (TPSA) is 124 Å². The average Bonchev–Trinajstić information content (AvgIpc) is 3.17. The number of aromatic amines is 1. The van der Waals surface area contributed by atoms with Crippen molar-refractivity contribution in [1.82, 2.24) is 15.2 Å². The van der Waals surface area contributed by atoms with Crippen LogP contribution < -0.4 is 21.3 Å². The summed E-state index contributed by atoms with van der Waals surface area (Å²) in [7, 11) is 0. The van der Waals surface area contributed by atoms with Gasteiger partial charge in [0.2, 0.25) is 0 Å². The molecule has 1 aliphatic heterocycles. The van der Waals surface area contributed by atoms with Crippen LogP contribution in [0.25, 0.3) is 5.70 Å². The number of phenolic OH excluding ortho intramolecular Hbond substituents is 1. The number of hydrogen-bond donors (Lipinski definition) is 5. The predicted molar refractivity (Wildman–Crippen MR) is 118 cm³/mol. The molecule has 3 aromatic rings. The Morgan fingerprint density at radius 2 is 1.97 bits per heavy atom. The van der Waals surface area contributed by atoms with Crippen LogP contribution in [0.2, 0.25) is 0 Å². The van der Waals surface area contributed by atoms with Crippen LogP contribution in [0.15, 0.2) is 49.2 Å². The number of aromatic nitrogens is 3. The molecule has 0 bridgehead atoms. The standard InChI is InChI=1S/C21H25N7O2/c1-14(22)19-20(24-12-15-2-5-17(29)6-3-15)26-27-21(19)25-16-4-7-18(23-13-16)28-8-10-30-11-9-28/h2-7,13,29H,1,8-12,22H2,(H3,24,25,26,27). The molecule has 1 aromatic carbocycles. The Kier molecular flexibility index (Phi) is 5.71. The maximum Gasteiger partial charge on any atom is 0.159 e. The molecular formula is C21H25N7O2. The molecule has 1 saturated heterocycles. The second kappa shape index (κ2) is 8.75. The van der Waals surface area contributed by atoms with Gasteiger partial charge in [0.25, 0.3) is 0 Å². The van der Waals surface area contributed by atoms with Gasteiger partial charge in [-0.05, 0) is 29.8 Å². The summed E-state index contributed by atoms with van der Waals surface area (Å²) < 4.78 is 5.39. The van der Waals surface area contributed by atoms with Gasteiger partial charge in [-0.25, -0.2) is 4.98 Å². The highest BCUT2D eigenvalue weighted by atomic mass is 16.5. The molecule has 1 aliphatic rings. The van der Waals surface area contributed by atoms with E-state index in [4.69, 9.17) is 10.5 Å². The lowest BCUT2D eigenvalue weighted by Gasteiger charge is -2.27. The van der Waals surface area contributed by atoms with E-state index in [1.807, 2.05) is 24.3 Å². The van der Waals surface area contributed by atoms with Crippen LogP contribution in [-0.2, 0) is 11.3 Å². The number of anilines is 4. The van der Waals surface area contributed by atoms with Crippen molar-refractivity contribution in [2.75, 3.05) is 41.8 Å². The van der Waals surface area contributed by atoms with Crippen molar-refractivity contribution >= 4 is 28.8 Å². The second-order valence-electron chi connectivity index (χ2n) is 7.00. The lowest BCUT2D eigenvalue weighted by Crippen LogP contribution is -2.36. The van der Waals surface area contributed by atoms with Crippen LogP contribution in [0.3, 0.4) is 0 Å². The number of nitrogens with two attached hydrogens (primary N) is 1. The number of aromatic hydroxyl groups is 1. The number of phenols is 1. The monoisotopic (exact) mass is 407 g/mol. The fourth-order valence-electron chi connectivity index (χ4n) is 3.26. The Morgan fingerprint density at radius 3 is 2.63 bits per heavy atom. The minimum Gasteiger partial charge on any atom is -0.508 e. The summed E-state index contributed by atoms with van der Waals surface area (Å²) >= 11 is 0. The first-order valence-corrected chi connectivity index (χ1v) is 9.71. The number of nitrogens with zero attached hydrogens (tertiary/aromatic N) is 3. The van der Waals surface area contributed by atoms with Crippen molar-refractivity contribution in [3.8, 4) is 5.75 Å². The Labute approximate surface area is 174 Å². The fourth-order valence-corrected chi connectivity index (χ4v) is 3.26. The first-order valence-electron chi connectivity index (χ1n) is 9.71. The van der Waals surface area contributed by atoms with Crippen molar-refractivity contribution in [1.29, 1.82) is 0 Å². The van der Waals surface area contributed by atoms with E-state index in [0.717, 1.165) is 43.4 Å². The van der Waals surface area contributed by atoms with E-state index in [-0.39, 0.29) is 5.75 Å². The van der Waals surface area contributed by atoms with Crippen molar-refractivity contribution in [3.63, 3.8) is 0 Å². The summed E-state index contributed by atoms with van der Waals surface area (Å²) in [6, 6.07) is 10.9. The minimum absolute atomic E-state index is 0.231. The van der Waals surface area contributed by atoms with Crippen LogP contribution in [-0.4, -0.2) is 46.6 Å². The van der Waals surface area contributed by atoms with Gasteiger partial charge in [-0.3, -0.25) is 5.10 Å². The Morgan fingerprint density at radius 1 is 1.20 bits per heavy atom. The molecule has 0 radical (unpaired) electrons. The van der Waals surface area contributed by atoms with E-state index in [2.05, 4.69) is 37.3 Å². The van der Waals surface area contributed by atoms with E-state index < -0.39 is 0 Å². The highest BCUT2D eigenvalue weighted by molar-refractivity contribution is 5.81. The molecule has 0 saturated carbocycles. The van der Waals surface area contributed by atoms with Crippen molar-refractivity contribution in [2.24, 2.45) is 5.73 Å². The summed E-state index contributed by atoms with van der Waals surface area (Å²) in [6.45, 7) is 7.52. The van der Waals surface area contributed by atoms with Crippen LogP contribution in [0.5, 0.6) is 5.75 Å². The first-order chi connectivity index (χ1) is 14.6. The molecule has 6 N–H and O–H groups in total. The number of pyridine rings is 1. The molecule has 30 heavy (non-hydrogen) atoms. The third-order valence-electron chi connectivity index (χ3n) is 4.84. The van der Waals surface area contributed by atoms with Gasteiger partial charge in [0, 0.05) is 25.3 Å².